The van der Waals surface area contributed by atoms with Gasteiger partial charge in [0.25, 0.3) is 0 Å². The zero-order chi connectivity index (χ0) is 17.4. The van der Waals surface area contributed by atoms with E-state index in [4.69, 9.17) is 9.84 Å². The Balaban J connectivity index is 2.24. The summed E-state index contributed by atoms with van der Waals surface area (Å²) in [5, 5.41) is 11.8. The highest BCUT2D eigenvalue weighted by Gasteiger charge is 2.65. The molecule has 0 unspecified atom stereocenters. The molecular formula is C16H19NO6. The van der Waals surface area contributed by atoms with Crippen LogP contribution in [0.1, 0.15) is 24.2 Å². The molecule has 7 nitrogen and oxygen atoms in total. The summed E-state index contributed by atoms with van der Waals surface area (Å²) in [6.45, 7) is 3.47. The largest absolute Gasteiger partial charge is 0.495 e. The number of esters is 1. The molecule has 2 rings (SSSR count). The van der Waals surface area contributed by atoms with Crippen molar-refractivity contribution < 1.29 is 29.0 Å². The van der Waals surface area contributed by atoms with Crippen LogP contribution in [-0.2, 0) is 14.3 Å². The van der Waals surface area contributed by atoms with Gasteiger partial charge in [-0.15, -0.1) is 0 Å². The standard InChI is InChI=1S/C16H19NO6/c1-16(2)11(12(16)14(19)20)13(18)17-9-7-8(15(21)23-4)5-6-10(9)22-3/h5-7,11-12H,1-4H3,(H,17,18)(H,19,20)/t11-,12-/m1/s1. The maximum Gasteiger partial charge on any atom is 0.337 e. The van der Waals surface area contributed by atoms with Crippen LogP contribution in [-0.4, -0.2) is 37.2 Å². The number of hydrogen-bond acceptors (Lipinski definition) is 5. The molecule has 1 aliphatic rings. The molecular weight excluding hydrogens is 302 g/mol. The number of rotatable bonds is 5. The van der Waals surface area contributed by atoms with E-state index in [1.165, 1.54) is 32.4 Å². The number of carbonyl (C=O) groups is 3. The molecule has 23 heavy (non-hydrogen) atoms. The van der Waals surface area contributed by atoms with Gasteiger partial charge in [0.1, 0.15) is 5.75 Å². The predicted octanol–water partition coefficient (Wildman–Crippen LogP) is 1.78. The molecule has 1 aromatic carbocycles. The molecule has 1 fully saturated rings. The lowest BCUT2D eigenvalue weighted by Gasteiger charge is -2.12. The molecule has 7 heteroatoms. The zero-order valence-corrected chi connectivity index (χ0v) is 13.4. The summed E-state index contributed by atoms with van der Waals surface area (Å²) < 4.78 is 9.80. The Hall–Kier alpha value is -2.57. The third kappa shape index (κ3) is 2.99. The molecule has 1 aliphatic carbocycles. The Bertz CT molecular complexity index is 667. The van der Waals surface area contributed by atoms with E-state index in [9.17, 15) is 14.4 Å². The van der Waals surface area contributed by atoms with Crippen LogP contribution in [0.4, 0.5) is 5.69 Å². The zero-order valence-electron chi connectivity index (χ0n) is 13.4. The number of anilines is 1. The minimum absolute atomic E-state index is 0.258. The Kier molecular flexibility index (Phi) is 4.31. The predicted molar refractivity (Wildman–Crippen MR) is 81.4 cm³/mol. The topological polar surface area (TPSA) is 102 Å². The molecule has 1 saturated carbocycles. The lowest BCUT2D eigenvalue weighted by molar-refractivity contribution is -0.140. The van der Waals surface area contributed by atoms with E-state index in [-0.39, 0.29) is 5.56 Å². The number of carbonyl (C=O) groups excluding carboxylic acids is 2. The van der Waals surface area contributed by atoms with Crippen LogP contribution in [0.5, 0.6) is 5.75 Å². The van der Waals surface area contributed by atoms with Gasteiger partial charge in [0, 0.05) is 0 Å². The smallest absolute Gasteiger partial charge is 0.337 e. The summed E-state index contributed by atoms with van der Waals surface area (Å²) in [4.78, 5) is 35.2. The van der Waals surface area contributed by atoms with E-state index in [1.807, 2.05) is 0 Å². The third-order valence-electron chi connectivity index (χ3n) is 4.25. The number of ether oxygens (including phenoxy) is 2. The van der Waals surface area contributed by atoms with Crippen molar-refractivity contribution in [2.45, 2.75) is 13.8 Å². The van der Waals surface area contributed by atoms with Crippen LogP contribution in [0.3, 0.4) is 0 Å². The van der Waals surface area contributed by atoms with E-state index >= 15 is 0 Å². The van der Waals surface area contributed by atoms with Crippen molar-refractivity contribution in [1.82, 2.24) is 0 Å². The van der Waals surface area contributed by atoms with E-state index in [0.29, 0.717) is 11.4 Å². The average molecular weight is 321 g/mol. The van der Waals surface area contributed by atoms with Gasteiger partial charge < -0.3 is 19.9 Å². The highest BCUT2D eigenvalue weighted by Crippen LogP contribution is 2.58. The summed E-state index contributed by atoms with van der Waals surface area (Å²) in [7, 11) is 2.69. The summed E-state index contributed by atoms with van der Waals surface area (Å²) >= 11 is 0. The van der Waals surface area contributed by atoms with Crippen LogP contribution in [0.2, 0.25) is 0 Å². The second kappa shape index (κ2) is 5.91. The summed E-state index contributed by atoms with van der Waals surface area (Å²) in [5.41, 5.74) is -0.0518. The normalized spacial score (nSPS) is 21.2. The maximum atomic E-state index is 12.4. The van der Waals surface area contributed by atoms with Gasteiger partial charge >= 0.3 is 11.9 Å². The molecule has 1 amide bonds. The Labute approximate surface area is 133 Å². The number of benzene rings is 1. The monoisotopic (exact) mass is 321 g/mol. The summed E-state index contributed by atoms with van der Waals surface area (Å²) in [6, 6.07) is 4.49. The molecule has 2 atom stereocenters. The minimum atomic E-state index is -0.995. The second-order valence-corrected chi connectivity index (χ2v) is 6.01. The molecule has 0 heterocycles. The highest BCUT2D eigenvalue weighted by atomic mass is 16.5. The summed E-state index contributed by atoms with van der Waals surface area (Å²) in [6.07, 6.45) is 0. The van der Waals surface area contributed by atoms with Gasteiger partial charge in [-0.25, -0.2) is 4.79 Å². The molecule has 0 saturated heterocycles. The van der Waals surface area contributed by atoms with Crippen molar-refractivity contribution in [3.63, 3.8) is 0 Å². The molecule has 0 bridgehead atoms. The summed E-state index contributed by atoms with van der Waals surface area (Å²) in [5.74, 6) is -2.94. The van der Waals surface area contributed by atoms with E-state index < -0.39 is 35.1 Å². The van der Waals surface area contributed by atoms with E-state index in [0.717, 1.165) is 0 Å². The quantitative estimate of drug-likeness (QED) is 0.802. The fraction of sp³-hybridized carbons (Fsp3) is 0.438. The van der Waals surface area contributed by atoms with Crippen molar-refractivity contribution >= 4 is 23.5 Å². The first-order valence-corrected chi connectivity index (χ1v) is 7.04. The van der Waals surface area contributed by atoms with Crippen LogP contribution < -0.4 is 10.1 Å². The maximum absolute atomic E-state index is 12.4. The molecule has 0 spiro atoms. The second-order valence-electron chi connectivity index (χ2n) is 6.01. The van der Waals surface area contributed by atoms with Crippen LogP contribution in [0.15, 0.2) is 18.2 Å². The Morgan fingerprint density at radius 3 is 2.30 bits per heavy atom. The molecule has 0 radical (unpaired) electrons. The van der Waals surface area contributed by atoms with Gasteiger partial charge in [0.05, 0.1) is 37.3 Å². The number of nitrogens with one attached hydrogen (secondary N) is 1. The van der Waals surface area contributed by atoms with Crippen molar-refractivity contribution in [2.24, 2.45) is 17.3 Å². The van der Waals surface area contributed by atoms with Gasteiger partial charge in [-0.2, -0.15) is 0 Å². The lowest BCUT2D eigenvalue weighted by atomic mass is 10.1. The average Bonchev–Trinajstić information content (AvgIpc) is 3.09. The first-order chi connectivity index (χ1) is 10.7. The van der Waals surface area contributed by atoms with Crippen LogP contribution >= 0.6 is 0 Å². The Morgan fingerprint density at radius 2 is 1.83 bits per heavy atom. The minimum Gasteiger partial charge on any atom is -0.495 e. The van der Waals surface area contributed by atoms with Gasteiger partial charge in [0.2, 0.25) is 5.91 Å². The molecule has 0 aromatic heterocycles. The number of methoxy groups -OCH3 is 2. The fourth-order valence-electron chi connectivity index (χ4n) is 2.85. The Morgan fingerprint density at radius 1 is 1.17 bits per heavy atom. The third-order valence-corrected chi connectivity index (χ3v) is 4.25. The molecule has 0 aliphatic heterocycles. The number of amides is 1. The molecule has 124 valence electrons. The van der Waals surface area contributed by atoms with Crippen molar-refractivity contribution in [1.29, 1.82) is 0 Å². The number of carboxylic acid groups (broad SMARTS) is 1. The van der Waals surface area contributed by atoms with Gasteiger partial charge in [-0.05, 0) is 23.6 Å². The van der Waals surface area contributed by atoms with E-state index in [2.05, 4.69) is 10.1 Å². The highest BCUT2D eigenvalue weighted by molar-refractivity contribution is 6.01. The lowest BCUT2D eigenvalue weighted by Crippen LogP contribution is -2.18. The first-order valence-electron chi connectivity index (χ1n) is 7.04. The fourth-order valence-corrected chi connectivity index (χ4v) is 2.85. The molecule has 1 aromatic rings. The van der Waals surface area contributed by atoms with Crippen LogP contribution in [0, 0.1) is 17.3 Å². The van der Waals surface area contributed by atoms with Gasteiger partial charge in [-0.3, -0.25) is 9.59 Å². The number of aliphatic carboxylic acids is 1. The first kappa shape index (κ1) is 16.8. The van der Waals surface area contributed by atoms with Crippen molar-refractivity contribution in [2.75, 3.05) is 19.5 Å². The molecule has 2 N–H and O–H groups in total. The number of carboxylic acids is 1. The van der Waals surface area contributed by atoms with E-state index in [1.54, 1.807) is 13.8 Å². The SMILES string of the molecule is COC(=O)c1ccc(OC)c(NC(=O)[C@H]2[C@H](C(=O)O)C2(C)C)c1. The van der Waals surface area contributed by atoms with Gasteiger partial charge in [-0.1, -0.05) is 13.8 Å². The number of hydrogen-bond donors (Lipinski definition) is 2. The van der Waals surface area contributed by atoms with Crippen molar-refractivity contribution in [3.8, 4) is 5.75 Å². The van der Waals surface area contributed by atoms with Crippen molar-refractivity contribution in [3.05, 3.63) is 23.8 Å². The van der Waals surface area contributed by atoms with Crippen LogP contribution in [0.25, 0.3) is 0 Å². The van der Waals surface area contributed by atoms with Gasteiger partial charge in [0.15, 0.2) is 0 Å².